The first kappa shape index (κ1) is 17.0. The van der Waals surface area contributed by atoms with Crippen molar-refractivity contribution in [3.05, 3.63) is 29.8 Å². The molecule has 0 saturated carbocycles. The van der Waals surface area contributed by atoms with Crippen molar-refractivity contribution in [2.24, 2.45) is 0 Å². The Labute approximate surface area is 126 Å². The van der Waals surface area contributed by atoms with Crippen molar-refractivity contribution in [3.63, 3.8) is 0 Å². The number of hydrogen-bond donors (Lipinski definition) is 2. The fourth-order valence-electron chi connectivity index (χ4n) is 1.90. The highest BCUT2D eigenvalue weighted by atomic mass is 16.2. The molecule has 0 aliphatic carbocycles. The zero-order valence-corrected chi connectivity index (χ0v) is 13.0. The van der Waals surface area contributed by atoms with Gasteiger partial charge in [0.1, 0.15) is 0 Å². The number of benzene rings is 1. The molecule has 0 heterocycles. The van der Waals surface area contributed by atoms with Gasteiger partial charge in [0.15, 0.2) is 0 Å². The maximum absolute atomic E-state index is 12.0. The number of carbonyl (C=O) groups is 1. The summed E-state index contributed by atoms with van der Waals surface area (Å²) in [6, 6.07) is 9.90. The smallest absolute Gasteiger partial charge is 0.321 e. The Bertz CT molecular complexity index is 495. The van der Waals surface area contributed by atoms with Gasteiger partial charge in [-0.2, -0.15) is 5.26 Å². The zero-order valence-electron chi connectivity index (χ0n) is 13.0. The lowest BCUT2D eigenvalue weighted by Gasteiger charge is -2.18. The van der Waals surface area contributed by atoms with Crippen LogP contribution in [0, 0.1) is 11.3 Å². The van der Waals surface area contributed by atoms with E-state index in [1.54, 1.807) is 7.05 Å². The van der Waals surface area contributed by atoms with Gasteiger partial charge in [-0.15, -0.1) is 0 Å². The molecule has 0 spiro atoms. The number of nitriles is 1. The van der Waals surface area contributed by atoms with Gasteiger partial charge in [-0.1, -0.05) is 19.1 Å². The molecule has 0 fully saturated rings. The maximum Gasteiger partial charge on any atom is 0.321 e. The van der Waals surface area contributed by atoms with Gasteiger partial charge in [-0.3, -0.25) is 0 Å². The van der Waals surface area contributed by atoms with E-state index < -0.39 is 0 Å². The topological polar surface area (TPSA) is 68.2 Å². The fraction of sp³-hybridized carbons (Fsp3) is 0.500. The summed E-state index contributed by atoms with van der Waals surface area (Å²) in [5.74, 6) is 0. The van der Waals surface area contributed by atoms with Crippen molar-refractivity contribution in [1.29, 1.82) is 5.26 Å². The SMILES string of the molecule is CCCNC(C)c1cccc(NC(=O)N(C)CCC#N)c1. The van der Waals surface area contributed by atoms with Gasteiger partial charge in [0.2, 0.25) is 0 Å². The maximum atomic E-state index is 12.0. The van der Waals surface area contributed by atoms with E-state index in [-0.39, 0.29) is 12.1 Å². The molecule has 2 amide bonds. The van der Waals surface area contributed by atoms with E-state index in [1.165, 1.54) is 4.90 Å². The van der Waals surface area contributed by atoms with E-state index in [0.717, 1.165) is 24.2 Å². The average Bonchev–Trinajstić information content (AvgIpc) is 2.50. The van der Waals surface area contributed by atoms with E-state index >= 15 is 0 Å². The molecule has 114 valence electrons. The number of hydrogen-bond acceptors (Lipinski definition) is 3. The predicted molar refractivity (Wildman–Crippen MR) is 85.0 cm³/mol. The summed E-state index contributed by atoms with van der Waals surface area (Å²) in [6.07, 6.45) is 1.42. The Morgan fingerprint density at radius 1 is 1.48 bits per heavy atom. The molecule has 21 heavy (non-hydrogen) atoms. The number of nitrogens with zero attached hydrogens (tertiary/aromatic N) is 2. The van der Waals surface area contributed by atoms with Crippen LogP contribution in [0.25, 0.3) is 0 Å². The normalized spacial score (nSPS) is 11.5. The molecular weight excluding hydrogens is 264 g/mol. The number of urea groups is 1. The molecule has 0 aliphatic heterocycles. The second-order valence-corrected chi connectivity index (χ2v) is 5.06. The van der Waals surface area contributed by atoms with Crippen LogP contribution in [0.15, 0.2) is 24.3 Å². The average molecular weight is 288 g/mol. The van der Waals surface area contributed by atoms with E-state index in [9.17, 15) is 4.79 Å². The van der Waals surface area contributed by atoms with Crippen LogP contribution in [0.2, 0.25) is 0 Å². The van der Waals surface area contributed by atoms with Crippen LogP contribution in [-0.4, -0.2) is 31.1 Å². The lowest BCUT2D eigenvalue weighted by atomic mass is 10.1. The van der Waals surface area contributed by atoms with Gasteiger partial charge in [-0.05, 0) is 37.6 Å². The molecule has 1 unspecified atom stereocenters. The van der Waals surface area contributed by atoms with Crippen LogP contribution >= 0.6 is 0 Å². The molecule has 1 aromatic rings. The van der Waals surface area contributed by atoms with Crippen molar-refractivity contribution in [2.45, 2.75) is 32.7 Å². The minimum Gasteiger partial charge on any atom is -0.327 e. The second kappa shape index (κ2) is 8.98. The summed E-state index contributed by atoms with van der Waals surface area (Å²) in [5.41, 5.74) is 1.91. The zero-order chi connectivity index (χ0) is 15.7. The second-order valence-electron chi connectivity index (χ2n) is 5.06. The number of amides is 2. The van der Waals surface area contributed by atoms with Gasteiger partial charge in [0.05, 0.1) is 12.5 Å². The predicted octanol–water partition coefficient (Wildman–Crippen LogP) is 3.12. The lowest BCUT2D eigenvalue weighted by molar-refractivity contribution is 0.223. The highest BCUT2D eigenvalue weighted by Crippen LogP contribution is 2.17. The van der Waals surface area contributed by atoms with Crippen LogP contribution in [0.3, 0.4) is 0 Å². The highest BCUT2D eigenvalue weighted by molar-refractivity contribution is 5.89. The Hall–Kier alpha value is -2.06. The minimum atomic E-state index is -0.198. The third kappa shape index (κ3) is 5.84. The molecule has 5 nitrogen and oxygen atoms in total. The van der Waals surface area contributed by atoms with Crippen LogP contribution in [-0.2, 0) is 0 Å². The molecule has 1 rings (SSSR count). The molecular formula is C16H24N4O. The first-order valence-corrected chi connectivity index (χ1v) is 7.31. The van der Waals surface area contributed by atoms with E-state index in [0.29, 0.717) is 13.0 Å². The van der Waals surface area contributed by atoms with E-state index in [4.69, 9.17) is 5.26 Å². The fourth-order valence-corrected chi connectivity index (χ4v) is 1.90. The van der Waals surface area contributed by atoms with Crippen LogP contribution in [0.4, 0.5) is 10.5 Å². The van der Waals surface area contributed by atoms with Crippen molar-refractivity contribution >= 4 is 11.7 Å². The van der Waals surface area contributed by atoms with E-state index in [2.05, 4.69) is 24.5 Å². The first-order chi connectivity index (χ1) is 10.1. The molecule has 5 heteroatoms. The van der Waals surface area contributed by atoms with Gasteiger partial charge in [0, 0.05) is 25.3 Å². The van der Waals surface area contributed by atoms with Crippen LogP contribution < -0.4 is 10.6 Å². The number of carbonyl (C=O) groups excluding carboxylic acids is 1. The summed E-state index contributed by atoms with van der Waals surface area (Å²) in [5, 5.41) is 14.8. The molecule has 0 radical (unpaired) electrons. The van der Waals surface area contributed by atoms with Gasteiger partial charge in [-0.25, -0.2) is 4.79 Å². The molecule has 1 aromatic carbocycles. The van der Waals surface area contributed by atoms with Crippen LogP contribution in [0.1, 0.15) is 38.3 Å². The van der Waals surface area contributed by atoms with Gasteiger partial charge in [0.25, 0.3) is 0 Å². The summed E-state index contributed by atoms with van der Waals surface area (Å²) >= 11 is 0. The molecule has 0 aliphatic rings. The monoisotopic (exact) mass is 288 g/mol. The Morgan fingerprint density at radius 2 is 2.24 bits per heavy atom. The third-order valence-corrected chi connectivity index (χ3v) is 3.24. The molecule has 0 saturated heterocycles. The van der Waals surface area contributed by atoms with Gasteiger partial charge >= 0.3 is 6.03 Å². The summed E-state index contributed by atoms with van der Waals surface area (Å²) in [6.45, 7) is 5.63. The van der Waals surface area contributed by atoms with Crippen LogP contribution in [0.5, 0.6) is 0 Å². The minimum absolute atomic E-state index is 0.198. The Balaban J connectivity index is 2.64. The van der Waals surface area contributed by atoms with Crippen molar-refractivity contribution in [3.8, 4) is 6.07 Å². The Morgan fingerprint density at radius 3 is 2.90 bits per heavy atom. The number of anilines is 1. The largest absolute Gasteiger partial charge is 0.327 e. The Kier molecular flexibility index (Phi) is 7.27. The highest BCUT2D eigenvalue weighted by Gasteiger charge is 2.10. The first-order valence-electron chi connectivity index (χ1n) is 7.31. The summed E-state index contributed by atoms with van der Waals surface area (Å²) < 4.78 is 0. The van der Waals surface area contributed by atoms with Gasteiger partial charge < -0.3 is 15.5 Å². The van der Waals surface area contributed by atoms with Crippen molar-refractivity contribution in [1.82, 2.24) is 10.2 Å². The quantitative estimate of drug-likeness (QED) is 0.810. The summed E-state index contributed by atoms with van der Waals surface area (Å²) in [4.78, 5) is 13.5. The lowest BCUT2D eigenvalue weighted by Crippen LogP contribution is -2.32. The molecule has 2 N–H and O–H groups in total. The molecule has 0 bridgehead atoms. The summed E-state index contributed by atoms with van der Waals surface area (Å²) in [7, 11) is 1.68. The standard InChI is InChI=1S/C16H24N4O/c1-4-10-18-13(2)14-7-5-8-15(12-14)19-16(21)20(3)11-6-9-17/h5,7-8,12-13,18H,4,6,10-11H2,1-3H3,(H,19,21). The van der Waals surface area contributed by atoms with Crippen molar-refractivity contribution in [2.75, 3.05) is 25.5 Å². The van der Waals surface area contributed by atoms with Crippen molar-refractivity contribution < 1.29 is 4.79 Å². The molecule has 0 aromatic heterocycles. The number of nitrogens with one attached hydrogen (secondary N) is 2. The number of rotatable bonds is 7. The van der Waals surface area contributed by atoms with E-state index in [1.807, 2.05) is 30.3 Å². The molecule has 1 atom stereocenters. The third-order valence-electron chi connectivity index (χ3n) is 3.24.